The predicted octanol–water partition coefficient (Wildman–Crippen LogP) is 1.82. The van der Waals surface area contributed by atoms with Crippen molar-refractivity contribution in [2.45, 2.75) is 32.6 Å². The Labute approximate surface area is 147 Å². The van der Waals surface area contributed by atoms with Gasteiger partial charge in [-0.15, -0.1) is 0 Å². The van der Waals surface area contributed by atoms with Crippen LogP contribution in [0.25, 0.3) is 0 Å². The number of aromatic nitrogens is 3. The zero-order chi connectivity index (χ0) is 17.8. The van der Waals surface area contributed by atoms with Gasteiger partial charge in [-0.1, -0.05) is 12.1 Å². The number of nitrogen functional groups attached to an aromatic ring is 1. The molecule has 8 heteroatoms. The average Bonchev–Trinajstić information content (AvgIpc) is 2.53. The van der Waals surface area contributed by atoms with Gasteiger partial charge in [0.25, 0.3) is 0 Å². The monoisotopic (exact) mass is 344 g/mol. The first-order valence-corrected chi connectivity index (χ1v) is 8.31. The summed E-state index contributed by atoms with van der Waals surface area (Å²) in [5.74, 6) is 1.93. The van der Waals surface area contributed by atoms with E-state index in [0.717, 1.165) is 18.8 Å². The lowest BCUT2D eigenvalue weighted by Gasteiger charge is -2.34. The minimum Gasteiger partial charge on any atom is -0.495 e. The SMILES string of the molecule is COc1ccccc1Nc1nc(N)nc(CN2C[C@@H](C)O[C@H](C)C2)n1. The molecule has 1 saturated heterocycles. The fourth-order valence-corrected chi connectivity index (χ4v) is 3.05. The normalized spacial score (nSPS) is 21.1. The van der Waals surface area contributed by atoms with Crippen LogP contribution >= 0.6 is 0 Å². The molecule has 2 heterocycles. The first-order valence-electron chi connectivity index (χ1n) is 8.31. The lowest BCUT2D eigenvalue weighted by molar-refractivity contribution is -0.0710. The second-order valence-corrected chi connectivity index (χ2v) is 6.21. The fourth-order valence-electron chi connectivity index (χ4n) is 3.05. The number of nitrogens with one attached hydrogen (secondary N) is 1. The standard InChI is InChI=1S/C17H24N6O2/c1-11-8-23(9-12(2)25-11)10-15-20-16(18)22-17(21-15)19-13-6-4-5-7-14(13)24-3/h4-7,11-12H,8-10H2,1-3H3,(H3,18,19,20,21,22)/t11-,12-/m1/s1. The van der Waals surface area contributed by atoms with Gasteiger partial charge in [-0.05, 0) is 26.0 Å². The maximum absolute atomic E-state index is 5.87. The summed E-state index contributed by atoms with van der Waals surface area (Å²) in [7, 11) is 1.62. The summed E-state index contributed by atoms with van der Waals surface area (Å²) in [6.07, 6.45) is 0.378. The van der Waals surface area contributed by atoms with E-state index >= 15 is 0 Å². The largest absolute Gasteiger partial charge is 0.495 e. The van der Waals surface area contributed by atoms with Crippen molar-refractivity contribution in [1.29, 1.82) is 0 Å². The van der Waals surface area contributed by atoms with Gasteiger partial charge in [0.05, 0.1) is 31.5 Å². The molecule has 134 valence electrons. The lowest BCUT2D eigenvalue weighted by atomic mass is 10.2. The second-order valence-electron chi connectivity index (χ2n) is 6.21. The second kappa shape index (κ2) is 7.62. The molecule has 0 radical (unpaired) electrons. The molecular formula is C17H24N6O2. The number of nitrogens with zero attached hydrogens (tertiary/aromatic N) is 4. The molecule has 2 aromatic rings. The number of hydrogen-bond acceptors (Lipinski definition) is 8. The summed E-state index contributed by atoms with van der Waals surface area (Å²) in [4.78, 5) is 15.2. The minimum absolute atomic E-state index is 0.189. The average molecular weight is 344 g/mol. The Morgan fingerprint density at radius 1 is 1.20 bits per heavy atom. The van der Waals surface area contributed by atoms with Gasteiger partial charge in [-0.25, -0.2) is 0 Å². The highest BCUT2D eigenvalue weighted by molar-refractivity contribution is 5.62. The van der Waals surface area contributed by atoms with Crippen LogP contribution in [-0.4, -0.2) is 52.3 Å². The molecular weight excluding hydrogens is 320 g/mol. The number of methoxy groups -OCH3 is 1. The highest BCUT2D eigenvalue weighted by Crippen LogP contribution is 2.25. The van der Waals surface area contributed by atoms with Gasteiger partial charge >= 0.3 is 0 Å². The van der Waals surface area contributed by atoms with Crippen LogP contribution in [0.1, 0.15) is 19.7 Å². The third kappa shape index (κ3) is 4.55. The van der Waals surface area contributed by atoms with Crippen LogP contribution < -0.4 is 15.8 Å². The molecule has 1 aromatic heterocycles. The molecule has 8 nitrogen and oxygen atoms in total. The smallest absolute Gasteiger partial charge is 0.232 e. The molecule has 1 aliphatic rings. The molecule has 0 bridgehead atoms. The topological polar surface area (TPSA) is 98.4 Å². The van der Waals surface area contributed by atoms with Gasteiger partial charge in [0, 0.05) is 13.1 Å². The number of nitrogens with two attached hydrogens (primary N) is 1. The Kier molecular flexibility index (Phi) is 5.30. The van der Waals surface area contributed by atoms with Crippen molar-refractivity contribution < 1.29 is 9.47 Å². The third-order valence-electron chi connectivity index (χ3n) is 3.91. The van der Waals surface area contributed by atoms with E-state index in [1.807, 2.05) is 24.3 Å². The molecule has 3 rings (SSSR count). The Morgan fingerprint density at radius 3 is 2.64 bits per heavy atom. The summed E-state index contributed by atoms with van der Waals surface area (Å²) in [5, 5.41) is 3.15. The van der Waals surface area contributed by atoms with Crippen LogP contribution in [0.4, 0.5) is 17.6 Å². The van der Waals surface area contributed by atoms with Crippen molar-refractivity contribution in [3.8, 4) is 5.75 Å². The maximum atomic E-state index is 5.87. The van der Waals surface area contributed by atoms with Crippen LogP contribution in [0.15, 0.2) is 24.3 Å². The van der Waals surface area contributed by atoms with E-state index in [2.05, 4.69) is 39.0 Å². The molecule has 0 unspecified atom stereocenters. The Hall–Kier alpha value is -2.45. The van der Waals surface area contributed by atoms with Crippen LogP contribution in [0.2, 0.25) is 0 Å². The van der Waals surface area contributed by atoms with Crippen molar-refractivity contribution in [1.82, 2.24) is 19.9 Å². The zero-order valence-corrected chi connectivity index (χ0v) is 14.8. The van der Waals surface area contributed by atoms with Gasteiger partial charge in [0.15, 0.2) is 0 Å². The molecule has 0 spiro atoms. The van der Waals surface area contributed by atoms with E-state index in [9.17, 15) is 0 Å². The Morgan fingerprint density at radius 2 is 1.92 bits per heavy atom. The summed E-state index contributed by atoms with van der Waals surface area (Å²) in [6.45, 7) is 6.42. The number of rotatable bonds is 5. The number of para-hydroxylation sites is 2. The van der Waals surface area contributed by atoms with Gasteiger partial charge in [-0.2, -0.15) is 15.0 Å². The number of ether oxygens (including phenoxy) is 2. The van der Waals surface area contributed by atoms with Crippen molar-refractivity contribution in [2.24, 2.45) is 0 Å². The molecule has 0 saturated carbocycles. The molecule has 0 aliphatic carbocycles. The molecule has 1 aromatic carbocycles. The van der Waals surface area contributed by atoms with Crippen LogP contribution in [0.3, 0.4) is 0 Å². The highest BCUT2D eigenvalue weighted by atomic mass is 16.5. The molecule has 1 aliphatic heterocycles. The summed E-state index contributed by atoms with van der Waals surface area (Å²) in [6, 6.07) is 7.57. The van der Waals surface area contributed by atoms with Crippen LogP contribution in [0.5, 0.6) is 5.75 Å². The van der Waals surface area contributed by atoms with E-state index in [0.29, 0.717) is 24.1 Å². The third-order valence-corrected chi connectivity index (χ3v) is 3.91. The molecule has 1 fully saturated rings. The number of hydrogen-bond donors (Lipinski definition) is 2. The van der Waals surface area contributed by atoms with Crippen molar-refractivity contribution in [2.75, 3.05) is 31.2 Å². The number of anilines is 3. The quantitative estimate of drug-likeness (QED) is 0.847. The molecule has 0 amide bonds. The first kappa shape index (κ1) is 17.4. The summed E-state index contributed by atoms with van der Waals surface area (Å²) >= 11 is 0. The van der Waals surface area contributed by atoms with E-state index in [1.54, 1.807) is 7.11 Å². The maximum Gasteiger partial charge on any atom is 0.232 e. The number of benzene rings is 1. The van der Waals surface area contributed by atoms with E-state index in [4.69, 9.17) is 15.2 Å². The summed E-state index contributed by atoms with van der Waals surface area (Å²) in [5.41, 5.74) is 6.64. The van der Waals surface area contributed by atoms with E-state index in [1.165, 1.54) is 0 Å². The van der Waals surface area contributed by atoms with Crippen molar-refractivity contribution in [3.05, 3.63) is 30.1 Å². The predicted molar refractivity (Wildman–Crippen MR) is 95.8 cm³/mol. The Bertz CT molecular complexity index is 716. The van der Waals surface area contributed by atoms with Crippen molar-refractivity contribution in [3.63, 3.8) is 0 Å². The highest BCUT2D eigenvalue weighted by Gasteiger charge is 2.23. The van der Waals surface area contributed by atoms with E-state index < -0.39 is 0 Å². The molecule has 25 heavy (non-hydrogen) atoms. The van der Waals surface area contributed by atoms with Crippen molar-refractivity contribution >= 4 is 17.6 Å². The minimum atomic E-state index is 0.189. The van der Waals surface area contributed by atoms with Gasteiger partial charge in [0.2, 0.25) is 11.9 Å². The molecule has 2 atom stereocenters. The molecule has 3 N–H and O–H groups in total. The van der Waals surface area contributed by atoms with Crippen LogP contribution in [0, 0.1) is 0 Å². The Balaban J connectivity index is 1.76. The first-order chi connectivity index (χ1) is 12.0. The fraction of sp³-hybridized carbons (Fsp3) is 0.471. The van der Waals surface area contributed by atoms with Gasteiger partial charge in [-0.3, -0.25) is 4.90 Å². The summed E-state index contributed by atoms with van der Waals surface area (Å²) < 4.78 is 11.1. The number of morpholine rings is 1. The van der Waals surface area contributed by atoms with Gasteiger partial charge in [0.1, 0.15) is 11.6 Å². The van der Waals surface area contributed by atoms with Gasteiger partial charge < -0.3 is 20.5 Å². The van der Waals surface area contributed by atoms with E-state index in [-0.39, 0.29) is 18.2 Å². The lowest BCUT2D eigenvalue weighted by Crippen LogP contribution is -2.45. The van der Waals surface area contributed by atoms with Crippen LogP contribution in [-0.2, 0) is 11.3 Å². The zero-order valence-electron chi connectivity index (χ0n) is 14.8.